The Bertz CT molecular complexity index is 828. The van der Waals surface area contributed by atoms with Crippen LogP contribution in [0.4, 0.5) is 0 Å². The molecule has 3 aromatic rings. The van der Waals surface area contributed by atoms with Crippen LogP contribution in [0.25, 0.3) is 10.9 Å². The van der Waals surface area contributed by atoms with Crippen LogP contribution >= 0.6 is 11.8 Å². The Morgan fingerprint density at radius 1 is 1.14 bits per heavy atom. The number of nitrogens with zero attached hydrogens (tertiary/aromatic N) is 2. The third-order valence-electron chi connectivity index (χ3n) is 4.27. The SMILES string of the molecule is Cc1cc2cc3c(cc2nc1SCc1cccnc1)CCC3. The van der Waals surface area contributed by atoms with Crippen LogP contribution in [0.5, 0.6) is 0 Å². The van der Waals surface area contributed by atoms with Crippen molar-refractivity contribution in [3.63, 3.8) is 0 Å². The highest BCUT2D eigenvalue weighted by Gasteiger charge is 2.13. The summed E-state index contributed by atoms with van der Waals surface area (Å²) in [6.45, 7) is 2.16. The van der Waals surface area contributed by atoms with Crippen LogP contribution in [0, 0.1) is 6.92 Å². The van der Waals surface area contributed by atoms with Crippen LogP contribution in [0.2, 0.25) is 0 Å². The van der Waals surface area contributed by atoms with Gasteiger partial charge in [0, 0.05) is 23.5 Å². The van der Waals surface area contributed by atoms with Crippen LogP contribution in [0.3, 0.4) is 0 Å². The van der Waals surface area contributed by atoms with E-state index in [1.165, 1.54) is 46.9 Å². The molecule has 2 aromatic heterocycles. The van der Waals surface area contributed by atoms with Gasteiger partial charge in [0.05, 0.1) is 10.5 Å². The smallest absolute Gasteiger partial charge is 0.1000 e. The number of hydrogen-bond donors (Lipinski definition) is 0. The lowest BCUT2D eigenvalue weighted by atomic mass is 10.1. The van der Waals surface area contributed by atoms with Gasteiger partial charge in [-0.1, -0.05) is 6.07 Å². The van der Waals surface area contributed by atoms with Gasteiger partial charge in [-0.2, -0.15) is 0 Å². The molecular weight excluding hydrogens is 288 g/mol. The van der Waals surface area contributed by atoms with Gasteiger partial charge in [0.2, 0.25) is 0 Å². The number of hydrogen-bond acceptors (Lipinski definition) is 3. The van der Waals surface area contributed by atoms with Gasteiger partial charge in [0.1, 0.15) is 0 Å². The van der Waals surface area contributed by atoms with E-state index >= 15 is 0 Å². The van der Waals surface area contributed by atoms with E-state index in [1.54, 1.807) is 11.8 Å². The van der Waals surface area contributed by atoms with Gasteiger partial charge in [-0.3, -0.25) is 4.98 Å². The van der Waals surface area contributed by atoms with E-state index < -0.39 is 0 Å². The first-order chi connectivity index (χ1) is 10.8. The molecule has 22 heavy (non-hydrogen) atoms. The largest absolute Gasteiger partial charge is 0.264 e. The van der Waals surface area contributed by atoms with E-state index in [4.69, 9.17) is 4.98 Å². The van der Waals surface area contributed by atoms with Gasteiger partial charge in [-0.25, -0.2) is 4.98 Å². The summed E-state index contributed by atoms with van der Waals surface area (Å²) in [5.41, 5.74) is 6.65. The molecule has 0 unspecified atom stereocenters. The zero-order valence-corrected chi connectivity index (χ0v) is 13.5. The Kier molecular flexibility index (Phi) is 3.59. The molecule has 2 nitrogen and oxygen atoms in total. The molecule has 3 heteroatoms. The number of fused-ring (bicyclic) bond motifs is 2. The van der Waals surface area contributed by atoms with Crippen molar-refractivity contribution in [2.24, 2.45) is 0 Å². The maximum Gasteiger partial charge on any atom is 0.1000 e. The number of rotatable bonds is 3. The van der Waals surface area contributed by atoms with Crippen molar-refractivity contribution in [3.05, 3.63) is 65.0 Å². The lowest BCUT2D eigenvalue weighted by Gasteiger charge is -2.09. The molecule has 0 saturated carbocycles. The lowest BCUT2D eigenvalue weighted by molar-refractivity contribution is 0.912. The van der Waals surface area contributed by atoms with Crippen molar-refractivity contribution in [1.29, 1.82) is 0 Å². The summed E-state index contributed by atoms with van der Waals surface area (Å²) in [5, 5.41) is 2.41. The average Bonchev–Trinajstić information content (AvgIpc) is 2.99. The van der Waals surface area contributed by atoms with Crippen LogP contribution in [0.1, 0.15) is 28.7 Å². The zero-order chi connectivity index (χ0) is 14.9. The highest BCUT2D eigenvalue weighted by Crippen LogP contribution is 2.31. The second-order valence-electron chi connectivity index (χ2n) is 5.93. The summed E-state index contributed by atoms with van der Waals surface area (Å²) in [5.74, 6) is 0.915. The molecule has 1 aliphatic rings. The number of thioether (sulfide) groups is 1. The molecule has 4 rings (SSSR count). The molecule has 0 radical (unpaired) electrons. The van der Waals surface area contributed by atoms with Gasteiger partial charge in [-0.15, -0.1) is 11.8 Å². The predicted molar refractivity (Wildman–Crippen MR) is 92.3 cm³/mol. The Hall–Kier alpha value is -1.87. The Morgan fingerprint density at radius 3 is 2.82 bits per heavy atom. The third-order valence-corrected chi connectivity index (χ3v) is 5.44. The minimum Gasteiger partial charge on any atom is -0.264 e. The van der Waals surface area contributed by atoms with E-state index in [9.17, 15) is 0 Å². The molecule has 0 fully saturated rings. The fraction of sp³-hybridized carbons (Fsp3) is 0.263. The Balaban J connectivity index is 1.66. The van der Waals surface area contributed by atoms with Crippen LogP contribution in [-0.2, 0) is 18.6 Å². The summed E-state index contributed by atoms with van der Waals surface area (Å²) in [6.07, 6.45) is 7.46. The van der Waals surface area contributed by atoms with Gasteiger partial charge < -0.3 is 0 Å². The summed E-state index contributed by atoms with van der Waals surface area (Å²) >= 11 is 1.80. The number of pyridine rings is 2. The molecule has 0 aliphatic heterocycles. The van der Waals surface area contributed by atoms with Crippen LogP contribution in [-0.4, -0.2) is 9.97 Å². The van der Waals surface area contributed by atoms with Crippen molar-refractivity contribution < 1.29 is 0 Å². The van der Waals surface area contributed by atoms with E-state index in [0.29, 0.717) is 0 Å². The van der Waals surface area contributed by atoms with E-state index in [-0.39, 0.29) is 0 Å². The molecule has 0 bridgehead atoms. The lowest BCUT2D eigenvalue weighted by Crippen LogP contribution is -1.92. The molecule has 1 aliphatic carbocycles. The van der Waals surface area contributed by atoms with Crippen LogP contribution in [0.15, 0.2) is 47.8 Å². The highest BCUT2D eigenvalue weighted by molar-refractivity contribution is 7.98. The summed E-state index contributed by atoms with van der Waals surface area (Å²) in [7, 11) is 0. The van der Waals surface area contributed by atoms with E-state index in [0.717, 1.165) is 16.3 Å². The zero-order valence-electron chi connectivity index (χ0n) is 12.7. The quantitative estimate of drug-likeness (QED) is 0.655. The molecular formula is C19H18N2S. The van der Waals surface area contributed by atoms with Gasteiger partial charge in [0.15, 0.2) is 0 Å². The number of aryl methyl sites for hydroxylation is 3. The summed E-state index contributed by atoms with van der Waals surface area (Å²) in [4.78, 5) is 9.08. The van der Waals surface area contributed by atoms with Crippen molar-refractivity contribution in [2.75, 3.05) is 0 Å². The summed E-state index contributed by atoms with van der Waals surface area (Å²) in [6, 6.07) is 11.0. The maximum absolute atomic E-state index is 4.91. The normalized spacial score (nSPS) is 13.5. The number of benzene rings is 1. The van der Waals surface area contributed by atoms with Crippen molar-refractivity contribution >= 4 is 22.7 Å². The van der Waals surface area contributed by atoms with E-state index in [2.05, 4.69) is 36.2 Å². The fourth-order valence-corrected chi connectivity index (χ4v) is 4.04. The topological polar surface area (TPSA) is 25.8 Å². The van der Waals surface area contributed by atoms with Gasteiger partial charge >= 0.3 is 0 Å². The molecule has 1 aromatic carbocycles. The second-order valence-corrected chi connectivity index (χ2v) is 6.89. The molecule has 2 heterocycles. The van der Waals surface area contributed by atoms with E-state index in [1.807, 2.05) is 18.5 Å². The molecule has 110 valence electrons. The van der Waals surface area contributed by atoms with Crippen molar-refractivity contribution in [1.82, 2.24) is 9.97 Å². The predicted octanol–water partition coefficient (Wildman–Crippen LogP) is 4.72. The molecule has 0 N–H and O–H groups in total. The second kappa shape index (κ2) is 5.73. The molecule has 0 amide bonds. The van der Waals surface area contributed by atoms with Crippen molar-refractivity contribution in [3.8, 4) is 0 Å². The first-order valence-electron chi connectivity index (χ1n) is 7.74. The first kappa shape index (κ1) is 13.8. The van der Waals surface area contributed by atoms with Gasteiger partial charge in [0.25, 0.3) is 0 Å². The summed E-state index contributed by atoms with van der Waals surface area (Å²) < 4.78 is 0. The minimum atomic E-state index is 0.915. The highest BCUT2D eigenvalue weighted by atomic mass is 32.2. The fourth-order valence-electron chi connectivity index (χ4n) is 3.12. The average molecular weight is 306 g/mol. The first-order valence-corrected chi connectivity index (χ1v) is 8.73. The monoisotopic (exact) mass is 306 g/mol. The minimum absolute atomic E-state index is 0.915. The van der Waals surface area contributed by atoms with Crippen molar-refractivity contribution in [2.45, 2.75) is 37.0 Å². The standard InChI is InChI=1S/C19H18N2S/c1-13-8-17-9-15-5-2-6-16(15)10-18(17)21-19(13)22-12-14-4-3-7-20-11-14/h3-4,7-11H,2,5-6,12H2,1H3. The number of aromatic nitrogens is 2. The molecule has 0 saturated heterocycles. The van der Waals surface area contributed by atoms with Crippen LogP contribution < -0.4 is 0 Å². The maximum atomic E-state index is 4.91. The third kappa shape index (κ3) is 2.61. The van der Waals surface area contributed by atoms with Gasteiger partial charge in [-0.05, 0) is 72.7 Å². The Labute approximate surface area is 135 Å². The Morgan fingerprint density at radius 2 is 2.00 bits per heavy atom. The molecule has 0 spiro atoms. The molecule has 0 atom stereocenters.